The zero-order valence-corrected chi connectivity index (χ0v) is 17.1. The molecule has 1 atom stereocenters. The van der Waals surface area contributed by atoms with Gasteiger partial charge in [0.25, 0.3) is 0 Å². The zero-order valence-electron chi connectivity index (χ0n) is 15.6. The summed E-state index contributed by atoms with van der Waals surface area (Å²) in [5.41, 5.74) is 3.81. The summed E-state index contributed by atoms with van der Waals surface area (Å²) in [6.45, 7) is 7.66. The van der Waals surface area contributed by atoms with Crippen molar-refractivity contribution in [2.45, 2.75) is 52.5 Å². The summed E-state index contributed by atoms with van der Waals surface area (Å²) < 4.78 is 0. The van der Waals surface area contributed by atoms with Crippen molar-refractivity contribution >= 4 is 39.0 Å². The number of aromatic nitrogens is 2. The number of halogens is 1. The molecule has 1 aliphatic heterocycles. The van der Waals surface area contributed by atoms with Crippen LogP contribution in [0.15, 0.2) is 24.3 Å². The number of aryl methyl sites for hydroxylation is 2. The van der Waals surface area contributed by atoms with Gasteiger partial charge in [0.1, 0.15) is 10.6 Å². The van der Waals surface area contributed by atoms with E-state index in [0.717, 1.165) is 23.6 Å². The third-order valence-corrected chi connectivity index (χ3v) is 6.71. The Balaban J connectivity index is 1.99. The third kappa shape index (κ3) is 3.10. The van der Waals surface area contributed by atoms with Crippen molar-refractivity contribution in [3.8, 4) is 11.1 Å². The number of hydrogen-bond donors (Lipinski definition) is 0. The van der Waals surface area contributed by atoms with E-state index >= 15 is 0 Å². The van der Waals surface area contributed by atoms with Crippen LogP contribution in [0.25, 0.3) is 21.3 Å². The second-order valence-corrected chi connectivity index (χ2v) is 8.58. The lowest BCUT2D eigenvalue weighted by Gasteiger charge is -2.35. The fourth-order valence-corrected chi connectivity index (χ4v) is 5.24. The molecule has 0 amide bonds. The predicted octanol–water partition coefficient (Wildman–Crippen LogP) is 6.26. The molecule has 2 aromatic heterocycles. The number of hydrogen-bond acceptors (Lipinski definition) is 4. The van der Waals surface area contributed by atoms with Gasteiger partial charge in [-0.05, 0) is 56.7 Å². The number of piperidine rings is 1. The number of fused-ring (bicyclic) bond motifs is 1. The summed E-state index contributed by atoms with van der Waals surface area (Å²) >= 11 is 8.07. The molecule has 0 spiro atoms. The Labute approximate surface area is 164 Å². The van der Waals surface area contributed by atoms with Crippen LogP contribution in [0.1, 0.15) is 43.6 Å². The Morgan fingerprint density at radius 1 is 1.19 bits per heavy atom. The van der Waals surface area contributed by atoms with E-state index in [2.05, 4.69) is 54.9 Å². The lowest BCUT2D eigenvalue weighted by molar-refractivity contribution is 0.482. The molecule has 26 heavy (non-hydrogen) atoms. The lowest BCUT2D eigenvalue weighted by atomic mass is 9.99. The first-order valence-electron chi connectivity index (χ1n) is 9.41. The van der Waals surface area contributed by atoms with Crippen LogP contribution in [0.2, 0.25) is 5.28 Å². The molecule has 4 rings (SSSR count). The average molecular weight is 386 g/mol. The lowest BCUT2D eigenvalue weighted by Crippen LogP contribution is -2.38. The summed E-state index contributed by atoms with van der Waals surface area (Å²) in [7, 11) is 0. The van der Waals surface area contributed by atoms with Crippen molar-refractivity contribution in [2.75, 3.05) is 11.4 Å². The van der Waals surface area contributed by atoms with Crippen LogP contribution in [0.3, 0.4) is 0 Å². The second kappa shape index (κ2) is 7.16. The largest absolute Gasteiger partial charge is 0.353 e. The Kier molecular flexibility index (Phi) is 4.89. The van der Waals surface area contributed by atoms with Crippen molar-refractivity contribution in [3.63, 3.8) is 0 Å². The molecule has 3 heterocycles. The fourth-order valence-electron chi connectivity index (χ4n) is 3.90. The molecular weight excluding hydrogens is 362 g/mol. The van der Waals surface area contributed by atoms with Crippen molar-refractivity contribution in [1.29, 1.82) is 0 Å². The highest BCUT2D eigenvalue weighted by molar-refractivity contribution is 7.19. The molecule has 5 heteroatoms. The van der Waals surface area contributed by atoms with E-state index in [1.807, 2.05) is 0 Å². The smallest absolute Gasteiger partial charge is 0.225 e. The Morgan fingerprint density at radius 2 is 1.96 bits per heavy atom. The molecule has 1 aliphatic rings. The van der Waals surface area contributed by atoms with Crippen LogP contribution in [0, 0.1) is 6.92 Å². The molecule has 1 unspecified atom stereocenters. The van der Waals surface area contributed by atoms with Crippen molar-refractivity contribution in [2.24, 2.45) is 0 Å². The average Bonchev–Trinajstić information content (AvgIpc) is 3.00. The molecule has 3 nitrogen and oxygen atoms in total. The van der Waals surface area contributed by atoms with Gasteiger partial charge in [-0.1, -0.05) is 36.8 Å². The summed E-state index contributed by atoms with van der Waals surface area (Å²) in [6, 6.07) is 9.27. The first kappa shape index (κ1) is 17.7. The predicted molar refractivity (Wildman–Crippen MR) is 113 cm³/mol. The van der Waals surface area contributed by atoms with Crippen LogP contribution in [-0.4, -0.2) is 22.6 Å². The van der Waals surface area contributed by atoms with Gasteiger partial charge in [0.05, 0.1) is 5.39 Å². The quantitative estimate of drug-likeness (QED) is 0.498. The SMILES string of the molecule is CCc1sc2nc(Cl)nc(N3CCCCC3C)c2c1-c1ccc(C)cc1. The fraction of sp³-hybridized carbons (Fsp3) is 0.429. The van der Waals surface area contributed by atoms with Crippen LogP contribution in [0.5, 0.6) is 0 Å². The highest BCUT2D eigenvalue weighted by Gasteiger charge is 2.26. The summed E-state index contributed by atoms with van der Waals surface area (Å²) in [6.07, 6.45) is 4.68. The topological polar surface area (TPSA) is 29.0 Å². The van der Waals surface area contributed by atoms with Gasteiger partial charge < -0.3 is 4.90 Å². The number of benzene rings is 1. The number of thiophene rings is 1. The van der Waals surface area contributed by atoms with Crippen LogP contribution in [0.4, 0.5) is 5.82 Å². The van der Waals surface area contributed by atoms with Gasteiger partial charge >= 0.3 is 0 Å². The maximum absolute atomic E-state index is 6.32. The number of nitrogens with zero attached hydrogens (tertiary/aromatic N) is 3. The standard InChI is InChI=1S/C21H24ClN3S/c1-4-16-17(15-10-8-13(2)9-11-15)18-19(23-21(22)24-20(18)26-16)25-12-6-5-7-14(25)3/h8-11,14H,4-7,12H2,1-3H3. The Bertz CT molecular complexity index is 933. The zero-order chi connectivity index (χ0) is 18.3. The summed E-state index contributed by atoms with van der Waals surface area (Å²) in [4.78, 5) is 14.1. The first-order chi connectivity index (χ1) is 12.6. The molecule has 1 fully saturated rings. The monoisotopic (exact) mass is 385 g/mol. The van der Waals surface area contributed by atoms with E-state index in [0.29, 0.717) is 11.3 Å². The van der Waals surface area contributed by atoms with Crippen LogP contribution in [-0.2, 0) is 6.42 Å². The van der Waals surface area contributed by atoms with Crippen molar-refractivity contribution in [1.82, 2.24) is 9.97 Å². The number of anilines is 1. The molecule has 0 aliphatic carbocycles. The maximum Gasteiger partial charge on any atom is 0.225 e. The molecule has 0 radical (unpaired) electrons. The van der Waals surface area contributed by atoms with Gasteiger partial charge in [-0.15, -0.1) is 11.3 Å². The highest BCUT2D eigenvalue weighted by atomic mass is 35.5. The Hall–Kier alpha value is -1.65. The van der Waals surface area contributed by atoms with Crippen molar-refractivity contribution < 1.29 is 0 Å². The van der Waals surface area contributed by atoms with Gasteiger partial charge in [0.2, 0.25) is 5.28 Å². The van der Waals surface area contributed by atoms with Crippen LogP contribution < -0.4 is 4.90 Å². The molecular formula is C21H24ClN3S. The summed E-state index contributed by atoms with van der Waals surface area (Å²) in [5, 5.41) is 1.53. The van der Waals surface area contributed by atoms with E-state index in [1.165, 1.54) is 46.2 Å². The van der Waals surface area contributed by atoms with E-state index in [9.17, 15) is 0 Å². The van der Waals surface area contributed by atoms with Gasteiger partial charge in [-0.2, -0.15) is 4.98 Å². The molecule has 136 valence electrons. The van der Waals surface area contributed by atoms with E-state index in [-0.39, 0.29) is 0 Å². The molecule has 1 aromatic carbocycles. The maximum atomic E-state index is 6.32. The summed E-state index contributed by atoms with van der Waals surface area (Å²) in [5.74, 6) is 1.01. The van der Waals surface area contributed by atoms with Gasteiger partial charge in [-0.25, -0.2) is 4.98 Å². The van der Waals surface area contributed by atoms with Gasteiger partial charge in [0.15, 0.2) is 0 Å². The molecule has 0 bridgehead atoms. The molecule has 3 aromatic rings. The molecule has 0 N–H and O–H groups in total. The van der Waals surface area contributed by atoms with Gasteiger partial charge in [-0.3, -0.25) is 0 Å². The van der Waals surface area contributed by atoms with E-state index in [1.54, 1.807) is 11.3 Å². The van der Waals surface area contributed by atoms with Crippen LogP contribution >= 0.6 is 22.9 Å². The van der Waals surface area contributed by atoms with Gasteiger partial charge in [0, 0.05) is 23.0 Å². The minimum Gasteiger partial charge on any atom is -0.353 e. The minimum absolute atomic E-state index is 0.352. The minimum atomic E-state index is 0.352. The Morgan fingerprint density at radius 3 is 2.65 bits per heavy atom. The van der Waals surface area contributed by atoms with E-state index < -0.39 is 0 Å². The number of rotatable bonds is 3. The third-order valence-electron chi connectivity index (χ3n) is 5.31. The molecule has 0 saturated carbocycles. The first-order valence-corrected chi connectivity index (χ1v) is 10.6. The molecule has 1 saturated heterocycles. The van der Waals surface area contributed by atoms with Crippen molar-refractivity contribution in [3.05, 3.63) is 40.0 Å². The second-order valence-electron chi connectivity index (χ2n) is 7.15. The van der Waals surface area contributed by atoms with E-state index in [4.69, 9.17) is 16.6 Å². The normalized spacial score (nSPS) is 17.8. The highest BCUT2D eigenvalue weighted by Crippen LogP contribution is 2.44.